The Morgan fingerprint density at radius 2 is 1.49 bits per heavy atom. The second-order valence-electron chi connectivity index (χ2n) is 8.54. The Balaban J connectivity index is 1.33. The predicted molar refractivity (Wildman–Crippen MR) is 136 cm³/mol. The highest BCUT2D eigenvalue weighted by Crippen LogP contribution is 2.28. The average Bonchev–Trinajstić information content (AvgIpc) is 3.37. The number of hydrogen-bond donors (Lipinski definition) is 0. The minimum atomic E-state index is -0.125. The molecule has 2 heterocycles. The second-order valence-corrected chi connectivity index (χ2v) is 8.54. The van der Waals surface area contributed by atoms with Gasteiger partial charge in [0.2, 0.25) is 5.82 Å². The third-order valence-corrected chi connectivity index (χ3v) is 6.34. The van der Waals surface area contributed by atoms with Crippen LogP contribution in [-0.2, 0) is 12.8 Å². The van der Waals surface area contributed by atoms with Crippen molar-refractivity contribution in [2.24, 2.45) is 0 Å². The van der Waals surface area contributed by atoms with E-state index in [4.69, 9.17) is 9.72 Å². The highest BCUT2D eigenvalue weighted by atomic mass is 16.5. The summed E-state index contributed by atoms with van der Waals surface area (Å²) in [7, 11) is 1.68. The fourth-order valence-electron chi connectivity index (χ4n) is 4.46. The van der Waals surface area contributed by atoms with Crippen LogP contribution in [0.3, 0.4) is 0 Å². The summed E-state index contributed by atoms with van der Waals surface area (Å²) in [5.74, 6) is 1.76. The molecule has 0 N–H and O–H groups in total. The van der Waals surface area contributed by atoms with Crippen LogP contribution in [0.5, 0.6) is 5.75 Å². The SMILES string of the molecule is COc1ccccc1N1CCN(C(=O)c2nc(CCc3ccccc3)n(-c3ccccc3)n2)CC1. The zero-order valence-corrected chi connectivity index (χ0v) is 19.9. The smallest absolute Gasteiger partial charge is 0.293 e. The molecule has 0 saturated carbocycles. The van der Waals surface area contributed by atoms with Gasteiger partial charge in [-0.25, -0.2) is 9.67 Å². The molecule has 178 valence electrons. The first-order chi connectivity index (χ1) is 17.2. The lowest BCUT2D eigenvalue weighted by Crippen LogP contribution is -2.49. The maximum atomic E-state index is 13.4. The maximum Gasteiger partial charge on any atom is 0.293 e. The molecule has 0 spiro atoms. The van der Waals surface area contributed by atoms with E-state index < -0.39 is 0 Å². The first-order valence-corrected chi connectivity index (χ1v) is 12.0. The van der Waals surface area contributed by atoms with Crippen LogP contribution in [0.2, 0.25) is 0 Å². The number of carbonyl (C=O) groups excluding carboxylic acids is 1. The molecule has 5 rings (SSSR count). The molecule has 1 aliphatic rings. The molecular formula is C28H29N5O2. The van der Waals surface area contributed by atoms with Gasteiger partial charge in [-0.1, -0.05) is 60.7 Å². The number of para-hydroxylation sites is 3. The number of rotatable bonds is 7. The Bertz CT molecular complexity index is 1270. The van der Waals surface area contributed by atoms with Crippen molar-refractivity contribution in [3.8, 4) is 11.4 Å². The molecule has 1 aliphatic heterocycles. The molecular weight excluding hydrogens is 438 g/mol. The summed E-state index contributed by atoms with van der Waals surface area (Å²) in [5.41, 5.74) is 3.19. The van der Waals surface area contributed by atoms with Crippen molar-refractivity contribution in [3.05, 3.63) is 102 Å². The summed E-state index contributed by atoms with van der Waals surface area (Å²) < 4.78 is 7.32. The van der Waals surface area contributed by atoms with Crippen molar-refractivity contribution >= 4 is 11.6 Å². The van der Waals surface area contributed by atoms with Crippen molar-refractivity contribution in [2.45, 2.75) is 12.8 Å². The normalized spacial score (nSPS) is 13.6. The van der Waals surface area contributed by atoms with E-state index in [9.17, 15) is 4.79 Å². The number of piperazine rings is 1. The van der Waals surface area contributed by atoms with Crippen LogP contribution in [-0.4, -0.2) is 58.9 Å². The highest BCUT2D eigenvalue weighted by molar-refractivity contribution is 5.90. The van der Waals surface area contributed by atoms with Gasteiger partial charge in [-0.05, 0) is 36.2 Å². The molecule has 7 nitrogen and oxygen atoms in total. The molecule has 0 radical (unpaired) electrons. The number of methoxy groups -OCH3 is 1. The van der Waals surface area contributed by atoms with Gasteiger partial charge in [-0.15, -0.1) is 5.10 Å². The Kier molecular flexibility index (Phi) is 6.75. The van der Waals surface area contributed by atoms with E-state index in [0.29, 0.717) is 19.5 Å². The summed E-state index contributed by atoms with van der Waals surface area (Å²) in [6.07, 6.45) is 1.53. The van der Waals surface area contributed by atoms with Gasteiger partial charge in [-0.2, -0.15) is 0 Å². The molecule has 4 aromatic rings. The maximum absolute atomic E-state index is 13.4. The minimum Gasteiger partial charge on any atom is -0.495 e. The molecule has 35 heavy (non-hydrogen) atoms. The van der Waals surface area contributed by atoms with E-state index in [2.05, 4.69) is 28.2 Å². The van der Waals surface area contributed by atoms with E-state index >= 15 is 0 Å². The topological polar surface area (TPSA) is 63.5 Å². The van der Waals surface area contributed by atoms with Gasteiger partial charge >= 0.3 is 0 Å². The predicted octanol–water partition coefficient (Wildman–Crippen LogP) is 4.02. The Morgan fingerprint density at radius 3 is 2.20 bits per heavy atom. The lowest BCUT2D eigenvalue weighted by molar-refractivity contribution is 0.0734. The molecule has 0 atom stereocenters. The summed E-state index contributed by atoms with van der Waals surface area (Å²) in [4.78, 5) is 22.2. The van der Waals surface area contributed by atoms with Crippen LogP contribution in [0.1, 0.15) is 22.0 Å². The number of amides is 1. The monoisotopic (exact) mass is 467 g/mol. The molecule has 0 bridgehead atoms. The van der Waals surface area contributed by atoms with Crippen LogP contribution in [0.15, 0.2) is 84.9 Å². The fourth-order valence-corrected chi connectivity index (χ4v) is 4.46. The summed E-state index contributed by atoms with van der Waals surface area (Å²) in [6.45, 7) is 2.67. The zero-order valence-electron chi connectivity index (χ0n) is 19.9. The van der Waals surface area contributed by atoms with Crippen LogP contribution in [0, 0.1) is 0 Å². The van der Waals surface area contributed by atoms with Crippen molar-refractivity contribution in [1.82, 2.24) is 19.7 Å². The first-order valence-electron chi connectivity index (χ1n) is 12.0. The van der Waals surface area contributed by atoms with Gasteiger partial charge in [0.25, 0.3) is 5.91 Å². The van der Waals surface area contributed by atoms with Crippen LogP contribution >= 0.6 is 0 Å². The van der Waals surface area contributed by atoms with E-state index in [-0.39, 0.29) is 11.7 Å². The molecule has 0 unspecified atom stereocenters. The fraction of sp³-hybridized carbons (Fsp3) is 0.250. The van der Waals surface area contributed by atoms with Crippen molar-refractivity contribution in [1.29, 1.82) is 0 Å². The van der Waals surface area contributed by atoms with E-state index in [1.54, 1.807) is 11.8 Å². The number of hydrogen-bond acceptors (Lipinski definition) is 5. The minimum absolute atomic E-state index is 0.125. The van der Waals surface area contributed by atoms with E-state index in [1.165, 1.54) is 5.56 Å². The largest absolute Gasteiger partial charge is 0.495 e. The standard InChI is InChI=1S/C28H29N5O2/c1-35-25-15-9-8-14-24(25)31-18-20-32(21-19-31)28(34)27-29-26(17-16-22-10-4-2-5-11-22)33(30-27)23-12-6-3-7-13-23/h2-15H,16-21H2,1H3. The number of benzene rings is 3. The average molecular weight is 468 g/mol. The second kappa shape index (κ2) is 10.4. The van der Waals surface area contributed by atoms with Gasteiger partial charge in [-0.3, -0.25) is 4.79 Å². The van der Waals surface area contributed by atoms with Crippen molar-refractivity contribution in [3.63, 3.8) is 0 Å². The van der Waals surface area contributed by atoms with Gasteiger partial charge in [0.1, 0.15) is 11.6 Å². The lowest BCUT2D eigenvalue weighted by Gasteiger charge is -2.36. The molecule has 0 aliphatic carbocycles. The van der Waals surface area contributed by atoms with E-state index in [0.717, 1.165) is 42.5 Å². The molecule has 1 saturated heterocycles. The molecule has 1 aromatic heterocycles. The Labute approximate surface area is 205 Å². The Hall–Kier alpha value is -4.13. The highest BCUT2D eigenvalue weighted by Gasteiger charge is 2.27. The third kappa shape index (κ3) is 5.04. The summed E-state index contributed by atoms with van der Waals surface area (Å²) >= 11 is 0. The quantitative estimate of drug-likeness (QED) is 0.411. The number of carbonyl (C=O) groups is 1. The molecule has 1 amide bonds. The number of aromatic nitrogens is 3. The summed E-state index contributed by atoms with van der Waals surface area (Å²) in [6, 6.07) is 28.2. The molecule has 3 aromatic carbocycles. The third-order valence-electron chi connectivity index (χ3n) is 6.34. The van der Waals surface area contributed by atoms with Crippen molar-refractivity contribution < 1.29 is 9.53 Å². The Morgan fingerprint density at radius 1 is 0.829 bits per heavy atom. The van der Waals surface area contributed by atoms with Crippen molar-refractivity contribution in [2.75, 3.05) is 38.2 Å². The van der Waals surface area contributed by atoms with Gasteiger partial charge in [0.05, 0.1) is 18.5 Å². The number of aryl methyl sites for hydroxylation is 2. The van der Waals surface area contributed by atoms with Crippen LogP contribution < -0.4 is 9.64 Å². The molecule has 1 fully saturated rings. The van der Waals surface area contributed by atoms with Gasteiger partial charge in [0.15, 0.2) is 0 Å². The number of anilines is 1. The number of nitrogens with zero attached hydrogens (tertiary/aromatic N) is 5. The van der Waals surface area contributed by atoms with Gasteiger partial charge in [0, 0.05) is 32.6 Å². The van der Waals surface area contributed by atoms with E-state index in [1.807, 2.05) is 71.6 Å². The summed E-state index contributed by atoms with van der Waals surface area (Å²) in [5, 5.41) is 4.65. The van der Waals surface area contributed by atoms with Crippen LogP contribution in [0.4, 0.5) is 5.69 Å². The lowest BCUT2D eigenvalue weighted by atomic mass is 10.1. The number of ether oxygens (including phenoxy) is 1. The zero-order chi connectivity index (χ0) is 24.0. The molecule has 7 heteroatoms. The van der Waals surface area contributed by atoms with Crippen LogP contribution in [0.25, 0.3) is 5.69 Å². The van der Waals surface area contributed by atoms with Gasteiger partial charge < -0.3 is 14.5 Å². The first kappa shape index (κ1) is 22.7.